The molecular formula is C8H5ClFN3O. The maximum Gasteiger partial charge on any atom is 0.340 e. The number of rotatable bonds is 1. The zero-order chi connectivity index (χ0) is 10.1. The Balaban J connectivity index is 2.52. The number of hydrogen-bond donors (Lipinski definition) is 2. The van der Waals surface area contributed by atoms with Crippen molar-refractivity contribution in [3.63, 3.8) is 0 Å². The molecule has 1 aromatic carbocycles. The van der Waals surface area contributed by atoms with Gasteiger partial charge in [0, 0.05) is 5.56 Å². The molecule has 0 saturated carbocycles. The lowest BCUT2D eigenvalue weighted by atomic mass is 10.2. The van der Waals surface area contributed by atoms with E-state index in [2.05, 4.69) is 15.2 Å². The van der Waals surface area contributed by atoms with E-state index in [0.29, 0.717) is 11.4 Å². The van der Waals surface area contributed by atoms with E-state index in [1.165, 1.54) is 18.2 Å². The van der Waals surface area contributed by atoms with Crippen molar-refractivity contribution < 1.29 is 4.39 Å². The van der Waals surface area contributed by atoms with Gasteiger partial charge in [-0.1, -0.05) is 11.6 Å². The Labute approximate surface area is 82.7 Å². The third-order valence-electron chi connectivity index (χ3n) is 1.69. The minimum Gasteiger partial charge on any atom is -0.289 e. The molecule has 1 heterocycles. The van der Waals surface area contributed by atoms with E-state index in [1.807, 2.05) is 0 Å². The van der Waals surface area contributed by atoms with Gasteiger partial charge in [-0.15, -0.1) is 0 Å². The second kappa shape index (κ2) is 3.26. The third kappa shape index (κ3) is 1.54. The molecule has 6 heteroatoms. The van der Waals surface area contributed by atoms with Crippen LogP contribution in [0.3, 0.4) is 0 Å². The maximum absolute atomic E-state index is 12.8. The van der Waals surface area contributed by atoms with E-state index >= 15 is 0 Å². The summed E-state index contributed by atoms with van der Waals surface area (Å²) in [5, 5.41) is 5.88. The molecule has 72 valence electrons. The van der Waals surface area contributed by atoms with Crippen LogP contribution in [0.5, 0.6) is 0 Å². The van der Waals surface area contributed by atoms with Crippen molar-refractivity contribution in [3.05, 3.63) is 39.5 Å². The molecule has 0 fully saturated rings. The molecule has 0 aliphatic rings. The second-order valence-electron chi connectivity index (χ2n) is 2.66. The first-order chi connectivity index (χ1) is 6.66. The van der Waals surface area contributed by atoms with Gasteiger partial charge in [0.2, 0.25) is 0 Å². The van der Waals surface area contributed by atoms with Crippen LogP contribution >= 0.6 is 11.6 Å². The van der Waals surface area contributed by atoms with Crippen LogP contribution in [0.4, 0.5) is 4.39 Å². The van der Waals surface area contributed by atoms with Gasteiger partial charge in [-0.05, 0) is 18.2 Å². The van der Waals surface area contributed by atoms with Gasteiger partial charge in [-0.2, -0.15) is 5.10 Å². The number of benzene rings is 1. The number of aromatic nitrogens is 3. The molecule has 2 rings (SSSR count). The molecule has 0 saturated heterocycles. The molecule has 2 N–H and O–H groups in total. The maximum atomic E-state index is 12.8. The molecule has 4 nitrogen and oxygen atoms in total. The third-order valence-corrected chi connectivity index (χ3v) is 1.98. The van der Waals surface area contributed by atoms with Crippen molar-refractivity contribution in [2.45, 2.75) is 0 Å². The first kappa shape index (κ1) is 8.96. The summed E-state index contributed by atoms with van der Waals surface area (Å²) in [6, 6.07) is 4.08. The van der Waals surface area contributed by atoms with Crippen LogP contribution < -0.4 is 5.69 Å². The van der Waals surface area contributed by atoms with Gasteiger partial charge < -0.3 is 0 Å². The summed E-state index contributed by atoms with van der Waals surface area (Å²) in [5.74, 6) is -0.176. The van der Waals surface area contributed by atoms with Crippen molar-refractivity contribution in [1.29, 1.82) is 0 Å². The van der Waals surface area contributed by atoms with E-state index in [-0.39, 0.29) is 5.02 Å². The van der Waals surface area contributed by atoms with Crippen LogP contribution in [0, 0.1) is 5.82 Å². The molecule has 2 aromatic rings. The Morgan fingerprint density at radius 1 is 1.43 bits per heavy atom. The zero-order valence-electron chi connectivity index (χ0n) is 6.84. The topological polar surface area (TPSA) is 61.5 Å². The first-order valence-corrected chi connectivity index (χ1v) is 4.15. The lowest BCUT2D eigenvalue weighted by molar-refractivity contribution is 0.628. The van der Waals surface area contributed by atoms with Crippen LogP contribution in [0.2, 0.25) is 5.02 Å². The molecule has 1 aromatic heterocycles. The Bertz CT molecular complexity index is 519. The highest BCUT2D eigenvalue weighted by Gasteiger charge is 2.05. The van der Waals surface area contributed by atoms with E-state index in [0.717, 1.165) is 0 Å². The van der Waals surface area contributed by atoms with Gasteiger partial charge in [0.1, 0.15) is 5.82 Å². The molecule has 14 heavy (non-hydrogen) atoms. The molecule has 0 bridgehead atoms. The summed E-state index contributed by atoms with van der Waals surface area (Å²) < 4.78 is 12.8. The fraction of sp³-hybridized carbons (Fsp3) is 0. The van der Waals surface area contributed by atoms with Crippen molar-refractivity contribution in [3.8, 4) is 11.4 Å². The van der Waals surface area contributed by atoms with Crippen molar-refractivity contribution in [1.82, 2.24) is 15.2 Å². The highest BCUT2D eigenvalue weighted by Crippen LogP contribution is 2.21. The Morgan fingerprint density at radius 3 is 2.79 bits per heavy atom. The fourth-order valence-electron chi connectivity index (χ4n) is 1.05. The quantitative estimate of drug-likeness (QED) is 0.755. The van der Waals surface area contributed by atoms with Crippen LogP contribution in [0.1, 0.15) is 0 Å². The van der Waals surface area contributed by atoms with Crippen molar-refractivity contribution in [2.24, 2.45) is 0 Å². The van der Waals surface area contributed by atoms with Gasteiger partial charge in [0.05, 0.1) is 5.02 Å². The second-order valence-corrected chi connectivity index (χ2v) is 3.06. The number of nitrogens with zero attached hydrogens (tertiary/aromatic N) is 1. The van der Waals surface area contributed by atoms with Crippen molar-refractivity contribution >= 4 is 11.6 Å². The van der Waals surface area contributed by atoms with E-state index in [9.17, 15) is 9.18 Å². The van der Waals surface area contributed by atoms with Gasteiger partial charge in [-0.25, -0.2) is 14.3 Å². The highest BCUT2D eigenvalue weighted by atomic mass is 35.5. The van der Waals surface area contributed by atoms with Crippen LogP contribution in [-0.2, 0) is 0 Å². The van der Waals surface area contributed by atoms with Crippen LogP contribution in [0.25, 0.3) is 11.4 Å². The SMILES string of the molecule is O=c1[nH]nc(-c2ccc(F)c(Cl)c2)[nH]1. The summed E-state index contributed by atoms with van der Waals surface area (Å²) >= 11 is 5.57. The molecule has 0 radical (unpaired) electrons. The average molecular weight is 214 g/mol. The molecule has 0 atom stereocenters. The summed E-state index contributed by atoms with van der Waals surface area (Å²) in [6.45, 7) is 0. The molecule has 0 aliphatic heterocycles. The smallest absolute Gasteiger partial charge is 0.289 e. The van der Waals surface area contributed by atoms with Crippen LogP contribution in [0.15, 0.2) is 23.0 Å². The number of aromatic amines is 2. The fourth-order valence-corrected chi connectivity index (χ4v) is 1.23. The van der Waals surface area contributed by atoms with E-state index in [4.69, 9.17) is 11.6 Å². The number of H-pyrrole nitrogens is 2. The largest absolute Gasteiger partial charge is 0.340 e. The predicted molar refractivity (Wildman–Crippen MR) is 49.6 cm³/mol. The Morgan fingerprint density at radius 2 is 2.21 bits per heavy atom. The van der Waals surface area contributed by atoms with E-state index < -0.39 is 11.5 Å². The summed E-state index contributed by atoms with van der Waals surface area (Å²) in [4.78, 5) is 13.2. The Hall–Kier alpha value is -1.62. The lowest BCUT2D eigenvalue weighted by Gasteiger charge is -1.97. The molecule has 0 amide bonds. The zero-order valence-corrected chi connectivity index (χ0v) is 7.60. The number of hydrogen-bond acceptors (Lipinski definition) is 2. The molecule has 0 aliphatic carbocycles. The minimum atomic E-state index is -0.506. The predicted octanol–water partition coefficient (Wildman–Crippen LogP) is 1.56. The normalized spacial score (nSPS) is 10.4. The average Bonchev–Trinajstić information content (AvgIpc) is 2.57. The Kier molecular flexibility index (Phi) is 2.09. The number of nitrogens with one attached hydrogen (secondary N) is 2. The minimum absolute atomic E-state index is 0.00801. The van der Waals surface area contributed by atoms with Gasteiger partial charge in [0.25, 0.3) is 0 Å². The van der Waals surface area contributed by atoms with Gasteiger partial charge >= 0.3 is 5.69 Å². The van der Waals surface area contributed by atoms with E-state index in [1.54, 1.807) is 0 Å². The summed E-state index contributed by atoms with van der Waals surface area (Å²) in [5.41, 5.74) is 0.134. The van der Waals surface area contributed by atoms with Crippen molar-refractivity contribution in [2.75, 3.05) is 0 Å². The summed E-state index contributed by atoms with van der Waals surface area (Å²) in [7, 11) is 0. The van der Waals surface area contributed by atoms with Gasteiger partial charge in [0.15, 0.2) is 5.82 Å². The first-order valence-electron chi connectivity index (χ1n) is 3.77. The van der Waals surface area contributed by atoms with Gasteiger partial charge in [-0.3, -0.25) is 4.98 Å². The van der Waals surface area contributed by atoms with Crippen LogP contribution in [-0.4, -0.2) is 15.2 Å². The monoisotopic (exact) mass is 213 g/mol. The summed E-state index contributed by atoms with van der Waals surface area (Å²) in [6.07, 6.45) is 0. The molecule has 0 unspecified atom stereocenters. The highest BCUT2D eigenvalue weighted by molar-refractivity contribution is 6.31. The standard InChI is InChI=1S/C8H5ClFN3O/c9-5-3-4(1-2-6(5)10)7-11-8(14)13-12-7/h1-3H,(H2,11,12,13,14). The number of halogens is 2. The lowest BCUT2D eigenvalue weighted by Crippen LogP contribution is -2.00. The molecule has 0 spiro atoms. The molecular weight excluding hydrogens is 209 g/mol.